The molecule has 0 aromatic rings. The average molecular weight is 577 g/mol. The van der Waals surface area contributed by atoms with Gasteiger partial charge in [0.05, 0.1) is 31.1 Å². The third kappa shape index (κ3) is 6.95. The van der Waals surface area contributed by atoms with Gasteiger partial charge in [-0.25, -0.2) is 4.79 Å². The highest BCUT2D eigenvalue weighted by atomic mass is 16.7. The molecule has 0 aromatic carbocycles. The van der Waals surface area contributed by atoms with Crippen molar-refractivity contribution < 1.29 is 48.0 Å². The zero-order chi connectivity index (χ0) is 30.6. The molecule has 1 saturated heterocycles. The Bertz CT molecular complexity index is 1190. The van der Waals surface area contributed by atoms with Crippen LogP contribution in [0.5, 0.6) is 0 Å². The maximum absolute atomic E-state index is 13.4. The molecule has 2 amide bonds. The van der Waals surface area contributed by atoms with Crippen molar-refractivity contribution in [3.8, 4) is 0 Å². The lowest BCUT2D eigenvalue weighted by molar-refractivity contribution is -0.120. The number of primary amides is 1. The highest BCUT2D eigenvalue weighted by Crippen LogP contribution is 2.48. The minimum absolute atomic E-state index is 0.0860. The van der Waals surface area contributed by atoms with Gasteiger partial charge in [0.25, 0.3) is 5.91 Å². The highest BCUT2D eigenvalue weighted by Gasteiger charge is 2.64. The standard InChI is InChI=1S/C29H40N2O10/c1-14-11-17-23(34)18(13-19(32)24(17)39-7)31-27(35)15(2)9-8-10-20(37-5)26(40-28(30)36)29(4)25(41-29)16(3)22(33)21(12-14)38-6/h8-10,13-14,16,20-22,25-26,33H,11-12H2,1-7H3,(H2,30,36)(H,31,35)/b10-8-,15-9+/t14-,16-,20+,21+,22-,25?,26-,29?/m1/s1. The summed E-state index contributed by atoms with van der Waals surface area (Å²) in [5.41, 5.74) is 4.52. The molecule has 2 aliphatic heterocycles. The topological polar surface area (TPSA) is 176 Å². The second-order valence-electron chi connectivity index (χ2n) is 10.9. The fraction of sp³-hybridized carbons (Fsp3) is 0.586. The Labute approximate surface area is 239 Å². The van der Waals surface area contributed by atoms with Crippen LogP contribution >= 0.6 is 0 Å². The Hall–Kier alpha value is -3.32. The van der Waals surface area contributed by atoms with E-state index < -0.39 is 65.6 Å². The molecule has 0 spiro atoms. The summed E-state index contributed by atoms with van der Waals surface area (Å²) in [5.74, 6) is -2.46. The van der Waals surface area contributed by atoms with Crippen LogP contribution in [0.3, 0.4) is 0 Å². The van der Waals surface area contributed by atoms with Gasteiger partial charge in [0.15, 0.2) is 11.9 Å². The maximum Gasteiger partial charge on any atom is 0.404 e. The molecule has 41 heavy (non-hydrogen) atoms. The zero-order valence-electron chi connectivity index (χ0n) is 24.5. The van der Waals surface area contributed by atoms with E-state index in [1.54, 1.807) is 19.9 Å². The number of aliphatic hydroxyl groups is 1. The molecule has 1 aliphatic carbocycles. The molecule has 1 fully saturated rings. The molecule has 3 aliphatic rings. The van der Waals surface area contributed by atoms with Crippen molar-refractivity contribution in [3.63, 3.8) is 0 Å². The second kappa shape index (κ2) is 13.1. The number of amides is 2. The van der Waals surface area contributed by atoms with Crippen molar-refractivity contribution in [2.24, 2.45) is 17.6 Å². The zero-order valence-corrected chi connectivity index (χ0v) is 24.5. The molecular weight excluding hydrogens is 536 g/mol. The van der Waals surface area contributed by atoms with E-state index in [9.17, 15) is 24.3 Å². The summed E-state index contributed by atoms with van der Waals surface area (Å²) in [5, 5.41) is 13.8. The van der Waals surface area contributed by atoms with Crippen LogP contribution in [0.25, 0.3) is 0 Å². The molecule has 0 saturated carbocycles. The summed E-state index contributed by atoms with van der Waals surface area (Å²) in [4.78, 5) is 50.9. The minimum Gasteiger partial charge on any atom is -0.492 e. The van der Waals surface area contributed by atoms with Gasteiger partial charge in [0.2, 0.25) is 11.6 Å². The van der Waals surface area contributed by atoms with Crippen molar-refractivity contribution in [2.45, 2.75) is 76.7 Å². The molecule has 2 bridgehead atoms. The van der Waals surface area contributed by atoms with Crippen molar-refractivity contribution >= 4 is 23.6 Å². The average Bonchev–Trinajstić information content (AvgIpc) is 3.62. The monoisotopic (exact) mass is 576 g/mol. The lowest BCUT2D eigenvalue weighted by atomic mass is 9.82. The van der Waals surface area contributed by atoms with E-state index in [0.29, 0.717) is 6.42 Å². The number of ether oxygens (including phenoxy) is 5. The molecule has 2 unspecified atom stereocenters. The predicted octanol–water partition coefficient (Wildman–Crippen LogP) is 1.62. The fourth-order valence-electron chi connectivity index (χ4n) is 5.54. The van der Waals surface area contributed by atoms with Crippen LogP contribution in [-0.4, -0.2) is 86.1 Å². The SMILES string of the molecule is COC1=C2C[C@@H](C)C[C@H](OC)[C@H](O)[C@@H](C)C3OC3(C)[C@H](OC(N)=O)[C@@H](OC)/C=C\C=C(/C)C(=O)NC(=CC1=O)C2=O. The number of nitrogens with two attached hydrogens (primary N) is 1. The van der Waals surface area contributed by atoms with Gasteiger partial charge >= 0.3 is 6.09 Å². The Morgan fingerprint density at radius 1 is 1.17 bits per heavy atom. The summed E-state index contributed by atoms with van der Waals surface area (Å²) in [6, 6.07) is 0. The van der Waals surface area contributed by atoms with Crippen molar-refractivity contribution in [1.82, 2.24) is 5.32 Å². The molecule has 12 nitrogen and oxygen atoms in total. The smallest absolute Gasteiger partial charge is 0.404 e. The van der Waals surface area contributed by atoms with E-state index in [1.807, 2.05) is 6.92 Å². The van der Waals surface area contributed by atoms with Crippen LogP contribution in [0.15, 0.2) is 46.9 Å². The number of carbonyl (C=O) groups is 4. The Kier molecular flexibility index (Phi) is 10.3. The Balaban J connectivity index is 2.05. The van der Waals surface area contributed by atoms with Crippen molar-refractivity contribution in [3.05, 3.63) is 46.9 Å². The number of hydrogen-bond donors (Lipinski definition) is 3. The summed E-state index contributed by atoms with van der Waals surface area (Å²) >= 11 is 0. The maximum atomic E-state index is 13.4. The minimum atomic E-state index is -1.04. The Morgan fingerprint density at radius 3 is 2.44 bits per heavy atom. The first-order chi connectivity index (χ1) is 19.3. The summed E-state index contributed by atoms with van der Waals surface area (Å²) in [6.45, 7) is 6.93. The molecule has 226 valence electrons. The van der Waals surface area contributed by atoms with Gasteiger partial charge in [-0.05, 0) is 32.6 Å². The molecule has 0 aromatic heterocycles. The van der Waals surface area contributed by atoms with Gasteiger partial charge in [-0.3, -0.25) is 14.4 Å². The lowest BCUT2D eigenvalue weighted by Crippen LogP contribution is -2.47. The van der Waals surface area contributed by atoms with Gasteiger partial charge < -0.3 is 39.8 Å². The molecule has 3 rings (SSSR count). The molecule has 8 atom stereocenters. The molecule has 0 radical (unpaired) electrons. The van der Waals surface area contributed by atoms with Crippen LogP contribution < -0.4 is 11.1 Å². The van der Waals surface area contributed by atoms with E-state index in [4.69, 9.17) is 29.4 Å². The summed E-state index contributed by atoms with van der Waals surface area (Å²) < 4.78 is 27.9. The number of nitrogens with one attached hydrogen (secondary N) is 1. The number of allylic oxidation sites excluding steroid dienone is 4. The third-order valence-electron chi connectivity index (χ3n) is 7.90. The van der Waals surface area contributed by atoms with Crippen molar-refractivity contribution in [2.75, 3.05) is 21.3 Å². The lowest BCUT2D eigenvalue weighted by Gasteiger charge is -2.31. The number of hydrogen-bond acceptors (Lipinski definition) is 10. The first-order valence-corrected chi connectivity index (χ1v) is 13.4. The first kappa shape index (κ1) is 32.2. The number of epoxide rings is 1. The van der Waals surface area contributed by atoms with Crippen LogP contribution in [0.4, 0.5) is 4.79 Å². The first-order valence-electron chi connectivity index (χ1n) is 13.4. The number of methoxy groups -OCH3 is 3. The van der Waals surface area contributed by atoms with E-state index in [1.165, 1.54) is 40.4 Å². The largest absolute Gasteiger partial charge is 0.492 e. The Morgan fingerprint density at radius 2 is 1.85 bits per heavy atom. The predicted molar refractivity (Wildman–Crippen MR) is 146 cm³/mol. The van der Waals surface area contributed by atoms with Gasteiger partial charge in [-0.1, -0.05) is 32.1 Å². The van der Waals surface area contributed by atoms with Gasteiger partial charge in [0, 0.05) is 37.4 Å². The molecule has 12 heteroatoms. The quantitative estimate of drug-likeness (QED) is 0.329. The number of rotatable bonds is 4. The van der Waals surface area contributed by atoms with Gasteiger partial charge in [-0.15, -0.1) is 0 Å². The number of aliphatic hydroxyl groups excluding tert-OH is 1. The number of fused-ring (bicyclic) bond motifs is 3. The molecule has 2 heterocycles. The van der Waals surface area contributed by atoms with E-state index in [0.717, 1.165) is 6.08 Å². The third-order valence-corrected chi connectivity index (χ3v) is 7.90. The van der Waals surface area contributed by atoms with Gasteiger partial charge in [0.1, 0.15) is 11.7 Å². The van der Waals surface area contributed by atoms with Crippen LogP contribution in [0.1, 0.15) is 40.5 Å². The molecule has 4 N–H and O–H groups in total. The van der Waals surface area contributed by atoms with Crippen LogP contribution in [0, 0.1) is 11.8 Å². The summed E-state index contributed by atoms with van der Waals surface area (Å²) in [7, 11) is 4.20. The number of carbonyl (C=O) groups excluding carboxylic acids is 4. The second-order valence-corrected chi connectivity index (χ2v) is 10.9. The van der Waals surface area contributed by atoms with Crippen molar-refractivity contribution in [1.29, 1.82) is 0 Å². The van der Waals surface area contributed by atoms with E-state index in [-0.39, 0.29) is 34.9 Å². The van der Waals surface area contributed by atoms with Crippen LogP contribution in [-0.2, 0) is 38.1 Å². The molecular formula is C29H40N2O10. The normalized spacial score (nSPS) is 37.3. The summed E-state index contributed by atoms with van der Waals surface area (Å²) in [6.07, 6.45) is 1.07. The number of ketones is 2. The van der Waals surface area contributed by atoms with Gasteiger partial charge in [-0.2, -0.15) is 0 Å². The van der Waals surface area contributed by atoms with Crippen LogP contribution in [0.2, 0.25) is 0 Å². The number of Topliss-reactive ketones (excluding diaryl/α,β-unsaturated/α-hetero) is 1. The highest BCUT2D eigenvalue weighted by molar-refractivity contribution is 6.23. The fourth-order valence-corrected chi connectivity index (χ4v) is 5.54. The van der Waals surface area contributed by atoms with E-state index in [2.05, 4.69) is 5.32 Å². The van der Waals surface area contributed by atoms with E-state index >= 15 is 0 Å².